The van der Waals surface area contributed by atoms with E-state index >= 15 is 0 Å². The molecule has 0 aromatic carbocycles. The molecule has 2 aromatic rings. The van der Waals surface area contributed by atoms with Crippen LogP contribution in [0.15, 0.2) is 35.0 Å². The van der Waals surface area contributed by atoms with Crippen LogP contribution in [0.4, 0.5) is 0 Å². The molecule has 2 aromatic heterocycles. The van der Waals surface area contributed by atoms with Crippen molar-refractivity contribution < 1.29 is 18.8 Å². The van der Waals surface area contributed by atoms with Crippen molar-refractivity contribution in [1.82, 2.24) is 15.0 Å². The SMILES string of the molecule is Cc1cc(C(=O)N2CC3(C[C@@H](OCc4ccccn4)CCO3)C2)on1. The second kappa shape index (κ2) is 6.57. The summed E-state index contributed by atoms with van der Waals surface area (Å²) in [5.74, 6) is 0.150. The molecule has 1 atom stereocenters. The topological polar surface area (TPSA) is 77.7 Å². The molecular weight excluding hydrogens is 322 g/mol. The lowest BCUT2D eigenvalue weighted by Gasteiger charge is -2.52. The van der Waals surface area contributed by atoms with Gasteiger partial charge in [-0.1, -0.05) is 11.2 Å². The first-order valence-corrected chi connectivity index (χ1v) is 8.52. The van der Waals surface area contributed by atoms with Crippen LogP contribution >= 0.6 is 0 Å². The Morgan fingerprint density at radius 2 is 2.32 bits per heavy atom. The molecule has 0 unspecified atom stereocenters. The van der Waals surface area contributed by atoms with E-state index in [-0.39, 0.29) is 23.4 Å². The number of pyridine rings is 1. The van der Waals surface area contributed by atoms with E-state index in [1.807, 2.05) is 18.2 Å². The fourth-order valence-corrected chi connectivity index (χ4v) is 3.45. The van der Waals surface area contributed by atoms with E-state index in [0.29, 0.717) is 32.0 Å². The molecule has 1 amide bonds. The van der Waals surface area contributed by atoms with E-state index in [4.69, 9.17) is 14.0 Å². The summed E-state index contributed by atoms with van der Waals surface area (Å²) < 4.78 is 17.0. The molecule has 25 heavy (non-hydrogen) atoms. The number of aryl methyl sites for hydroxylation is 1. The summed E-state index contributed by atoms with van der Waals surface area (Å²) in [7, 11) is 0. The van der Waals surface area contributed by atoms with Gasteiger partial charge in [-0.05, 0) is 25.5 Å². The van der Waals surface area contributed by atoms with Crippen LogP contribution in [0.3, 0.4) is 0 Å². The predicted octanol–water partition coefficient (Wildman–Crippen LogP) is 1.97. The third-order valence-corrected chi connectivity index (χ3v) is 4.72. The zero-order valence-corrected chi connectivity index (χ0v) is 14.2. The van der Waals surface area contributed by atoms with E-state index < -0.39 is 0 Å². The van der Waals surface area contributed by atoms with Gasteiger partial charge in [-0.25, -0.2) is 0 Å². The van der Waals surface area contributed by atoms with E-state index in [9.17, 15) is 4.79 Å². The van der Waals surface area contributed by atoms with Crippen molar-refractivity contribution in [1.29, 1.82) is 0 Å². The highest BCUT2D eigenvalue weighted by Gasteiger charge is 2.50. The fraction of sp³-hybridized carbons (Fsp3) is 0.500. The molecular formula is C18H21N3O4. The van der Waals surface area contributed by atoms with Crippen molar-refractivity contribution in [2.24, 2.45) is 0 Å². The highest BCUT2D eigenvalue weighted by atomic mass is 16.5. The lowest BCUT2D eigenvalue weighted by molar-refractivity contribution is -0.188. The fourth-order valence-electron chi connectivity index (χ4n) is 3.45. The first-order chi connectivity index (χ1) is 12.1. The number of hydrogen-bond acceptors (Lipinski definition) is 6. The van der Waals surface area contributed by atoms with Crippen molar-refractivity contribution in [3.63, 3.8) is 0 Å². The second-order valence-corrected chi connectivity index (χ2v) is 6.77. The molecule has 1 spiro atoms. The van der Waals surface area contributed by atoms with Crippen LogP contribution < -0.4 is 0 Å². The first kappa shape index (κ1) is 16.2. The minimum Gasteiger partial charge on any atom is -0.372 e. The third kappa shape index (κ3) is 3.43. The zero-order chi connectivity index (χ0) is 17.3. The molecule has 132 valence electrons. The van der Waals surface area contributed by atoms with Gasteiger partial charge in [-0.2, -0.15) is 0 Å². The van der Waals surface area contributed by atoms with Gasteiger partial charge in [0, 0.05) is 25.3 Å². The Kier molecular flexibility index (Phi) is 4.27. The number of rotatable bonds is 4. The van der Waals surface area contributed by atoms with Crippen LogP contribution in [0.5, 0.6) is 0 Å². The van der Waals surface area contributed by atoms with E-state index in [1.54, 1.807) is 24.1 Å². The Morgan fingerprint density at radius 1 is 1.44 bits per heavy atom. The van der Waals surface area contributed by atoms with Crippen molar-refractivity contribution >= 4 is 5.91 Å². The molecule has 0 bridgehead atoms. The summed E-state index contributed by atoms with van der Waals surface area (Å²) in [4.78, 5) is 18.4. The first-order valence-electron chi connectivity index (χ1n) is 8.52. The molecule has 0 aliphatic carbocycles. The summed E-state index contributed by atoms with van der Waals surface area (Å²) in [6, 6.07) is 7.47. The third-order valence-electron chi connectivity index (χ3n) is 4.72. The molecule has 2 aliphatic rings. The van der Waals surface area contributed by atoms with E-state index in [0.717, 1.165) is 18.5 Å². The molecule has 7 nitrogen and oxygen atoms in total. The summed E-state index contributed by atoms with van der Waals surface area (Å²) in [6.07, 6.45) is 3.55. The molecule has 2 aliphatic heterocycles. The zero-order valence-electron chi connectivity index (χ0n) is 14.2. The van der Waals surface area contributed by atoms with Crippen LogP contribution in [-0.2, 0) is 16.1 Å². The summed E-state index contributed by atoms with van der Waals surface area (Å²) in [6.45, 7) is 4.08. The van der Waals surface area contributed by atoms with Crippen molar-refractivity contribution in [2.45, 2.75) is 38.1 Å². The van der Waals surface area contributed by atoms with Gasteiger partial charge in [0.15, 0.2) is 0 Å². The molecule has 4 rings (SSSR count). The Balaban J connectivity index is 1.31. The van der Waals surface area contributed by atoms with Gasteiger partial charge in [0.1, 0.15) is 5.60 Å². The molecule has 7 heteroatoms. The predicted molar refractivity (Wildman–Crippen MR) is 87.9 cm³/mol. The lowest BCUT2D eigenvalue weighted by atomic mass is 9.84. The number of carbonyl (C=O) groups excluding carboxylic acids is 1. The van der Waals surface area contributed by atoms with Crippen LogP contribution in [-0.4, -0.2) is 52.3 Å². The summed E-state index contributed by atoms with van der Waals surface area (Å²) in [5.41, 5.74) is 1.34. The molecule has 0 N–H and O–H groups in total. The van der Waals surface area contributed by atoms with Crippen LogP contribution in [0.25, 0.3) is 0 Å². The van der Waals surface area contributed by atoms with Crippen molar-refractivity contribution in [3.8, 4) is 0 Å². The Hall–Kier alpha value is -2.25. The monoisotopic (exact) mass is 343 g/mol. The molecule has 0 saturated carbocycles. The van der Waals surface area contributed by atoms with Gasteiger partial charge >= 0.3 is 0 Å². The second-order valence-electron chi connectivity index (χ2n) is 6.77. The average Bonchev–Trinajstić information content (AvgIpc) is 3.05. The van der Waals surface area contributed by atoms with Crippen LogP contribution in [0.1, 0.15) is 34.8 Å². The Morgan fingerprint density at radius 3 is 3.04 bits per heavy atom. The number of aromatic nitrogens is 2. The minimum absolute atomic E-state index is 0.125. The molecule has 2 saturated heterocycles. The number of carbonyl (C=O) groups is 1. The van der Waals surface area contributed by atoms with Gasteiger partial charge in [0.25, 0.3) is 5.91 Å². The molecule has 0 radical (unpaired) electrons. The Bertz CT molecular complexity index is 740. The normalized spacial score (nSPS) is 22.0. The lowest BCUT2D eigenvalue weighted by Crippen LogP contribution is -2.67. The number of ether oxygens (including phenoxy) is 2. The highest BCUT2D eigenvalue weighted by Crippen LogP contribution is 2.36. The van der Waals surface area contributed by atoms with Gasteiger partial charge in [0.05, 0.1) is 37.2 Å². The van der Waals surface area contributed by atoms with Gasteiger partial charge < -0.3 is 18.9 Å². The number of amides is 1. The maximum atomic E-state index is 12.4. The largest absolute Gasteiger partial charge is 0.372 e. The Labute approximate surface area is 145 Å². The summed E-state index contributed by atoms with van der Waals surface area (Å²) in [5, 5.41) is 3.77. The smallest absolute Gasteiger partial charge is 0.292 e. The van der Waals surface area contributed by atoms with Crippen LogP contribution in [0, 0.1) is 6.92 Å². The quantitative estimate of drug-likeness (QED) is 0.845. The maximum absolute atomic E-state index is 12.4. The van der Waals surface area contributed by atoms with Gasteiger partial charge in [-0.3, -0.25) is 9.78 Å². The number of likely N-dealkylation sites (tertiary alicyclic amines) is 1. The van der Waals surface area contributed by atoms with Crippen molar-refractivity contribution in [2.75, 3.05) is 19.7 Å². The average molecular weight is 343 g/mol. The van der Waals surface area contributed by atoms with E-state index in [2.05, 4.69) is 10.1 Å². The van der Waals surface area contributed by atoms with E-state index in [1.165, 1.54) is 0 Å². The summed E-state index contributed by atoms with van der Waals surface area (Å²) >= 11 is 0. The number of hydrogen-bond donors (Lipinski definition) is 0. The minimum atomic E-state index is -0.294. The highest BCUT2D eigenvalue weighted by molar-refractivity contribution is 5.92. The number of nitrogens with zero attached hydrogens (tertiary/aromatic N) is 3. The maximum Gasteiger partial charge on any atom is 0.292 e. The van der Waals surface area contributed by atoms with Gasteiger partial charge in [0.2, 0.25) is 5.76 Å². The van der Waals surface area contributed by atoms with Gasteiger partial charge in [-0.15, -0.1) is 0 Å². The van der Waals surface area contributed by atoms with Crippen LogP contribution in [0.2, 0.25) is 0 Å². The molecule has 2 fully saturated rings. The van der Waals surface area contributed by atoms with Crippen molar-refractivity contribution in [3.05, 3.63) is 47.6 Å². The standard InChI is InChI=1S/C18H21N3O4/c1-13-8-16(25-20-13)17(22)21-11-18(12-21)9-15(5-7-24-18)23-10-14-4-2-3-6-19-14/h2-4,6,8,15H,5,7,9-12H2,1H3/t15-/m0/s1. The molecule has 4 heterocycles.